The molecule has 0 radical (unpaired) electrons. The summed E-state index contributed by atoms with van der Waals surface area (Å²) < 4.78 is 0. The summed E-state index contributed by atoms with van der Waals surface area (Å²) in [6, 6.07) is 6.12. The molecule has 0 bridgehead atoms. The van der Waals surface area contributed by atoms with Crippen molar-refractivity contribution in [2.75, 3.05) is 11.9 Å². The van der Waals surface area contributed by atoms with Crippen LogP contribution in [-0.2, 0) is 22.6 Å². The summed E-state index contributed by atoms with van der Waals surface area (Å²) in [6.07, 6.45) is 6.98. The lowest BCUT2D eigenvalue weighted by Gasteiger charge is -2.29. The first-order valence-electron chi connectivity index (χ1n) is 8.85. The highest BCUT2D eigenvalue weighted by atomic mass is 16.2. The predicted molar refractivity (Wildman–Crippen MR) is 91.1 cm³/mol. The largest absolute Gasteiger partial charge is 0.338 e. The molecular formula is C19H26N2O2. The third-order valence-corrected chi connectivity index (χ3v) is 5.11. The van der Waals surface area contributed by atoms with Crippen LogP contribution in [0.25, 0.3) is 0 Å². The lowest BCUT2D eigenvalue weighted by atomic mass is 9.98. The minimum atomic E-state index is 0.120. The highest BCUT2D eigenvalue weighted by Gasteiger charge is 2.21. The van der Waals surface area contributed by atoms with Gasteiger partial charge < -0.3 is 10.2 Å². The summed E-state index contributed by atoms with van der Waals surface area (Å²) in [5.74, 6) is 0.880. The molecule has 2 aliphatic rings. The van der Waals surface area contributed by atoms with Crippen LogP contribution in [0.15, 0.2) is 18.2 Å². The molecule has 124 valence electrons. The van der Waals surface area contributed by atoms with E-state index in [0.29, 0.717) is 25.3 Å². The quantitative estimate of drug-likeness (QED) is 0.924. The molecule has 1 fully saturated rings. The van der Waals surface area contributed by atoms with E-state index in [1.807, 2.05) is 24.0 Å². The molecule has 0 spiro atoms. The highest BCUT2D eigenvalue weighted by Crippen LogP contribution is 2.28. The van der Waals surface area contributed by atoms with Crippen molar-refractivity contribution >= 4 is 17.5 Å². The number of anilines is 1. The number of nitrogens with zero attached hydrogens (tertiary/aromatic N) is 1. The van der Waals surface area contributed by atoms with Crippen molar-refractivity contribution in [2.24, 2.45) is 5.92 Å². The normalized spacial score (nSPS) is 17.9. The van der Waals surface area contributed by atoms with Crippen molar-refractivity contribution in [3.05, 3.63) is 29.3 Å². The van der Waals surface area contributed by atoms with Gasteiger partial charge in [0.15, 0.2) is 0 Å². The first-order chi connectivity index (χ1) is 11.2. The molecule has 1 aliphatic carbocycles. The van der Waals surface area contributed by atoms with E-state index >= 15 is 0 Å². The zero-order valence-corrected chi connectivity index (χ0v) is 13.9. The highest BCUT2D eigenvalue weighted by molar-refractivity contribution is 5.91. The second-order valence-corrected chi connectivity index (χ2v) is 6.81. The number of fused-ring (bicyclic) bond motifs is 1. The van der Waals surface area contributed by atoms with Crippen molar-refractivity contribution < 1.29 is 9.59 Å². The molecule has 4 nitrogen and oxygen atoms in total. The Morgan fingerprint density at radius 3 is 2.74 bits per heavy atom. The van der Waals surface area contributed by atoms with Crippen LogP contribution < -0.4 is 5.32 Å². The number of nitrogens with one attached hydrogen (secondary N) is 1. The molecule has 0 saturated heterocycles. The van der Waals surface area contributed by atoms with Gasteiger partial charge in [0.25, 0.3) is 0 Å². The summed E-state index contributed by atoms with van der Waals surface area (Å²) in [6.45, 7) is 3.36. The maximum Gasteiger partial charge on any atom is 0.224 e. The van der Waals surface area contributed by atoms with Crippen molar-refractivity contribution in [3.8, 4) is 0 Å². The Balaban J connectivity index is 1.63. The molecule has 3 rings (SSSR count). The van der Waals surface area contributed by atoms with Gasteiger partial charge in [-0.25, -0.2) is 0 Å². The van der Waals surface area contributed by atoms with Crippen molar-refractivity contribution in [1.82, 2.24) is 4.90 Å². The fourth-order valence-corrected chi connectivity index (χ4v) is 3.76. The van der Waals surface area contributed by atoms with Crippen molar-refractivity contribution in [2.45, 2.75) is 58.4 Å². The van der Waals surface area contributed by atoms with Gasteiger partial charge in [0.1, 0.15) is 0 Å². The van der Waals surface area contributed by atoms with Crippen LogP contribution in [0.5, 0.6) is 0 Å². The van der Waals surface area contributed by atoms with E-state index in [2.05, 4.69) is 11.4 Å². The molecule has 1 aromatic rings. The number of amides is 2. The van der Waals surface area contributed by atoms with Gasteiger partial charge >= 0.3 is 0 Å². The topological polar surface area (TPSA) is 49.4 Å². The molecule has 0 atom stereocenters. The summed E-state index contributed by atoms with van der Waals surface area (Å²) in [5.41, 5.74) is 3.31. The van der Waals surface area contributed by atoms with Crippen LogP contribution in [0.1, 0.15) is 56.6 Å². The van der Waals surface area contributed by atoms with E-state index in [-0.39, 0.29) is 11.8 Å². The predicted octanol–water partition coefficient (Wildman–Crippen LogP) is 3.50. The second kappa shape index (κ2) is 7.16. The molecule has 23 heavy (non-hydrogen) atoms. The third kappa shape index (κ3) is 3.92. The standard InChI is InChI=1S/C19H26N2O2/c1-2-19(23)21-10-9-15-7-8-17(12-16(15)13-21)20-18(22)11-14-5-3-4-6-14/h7-8,12,14H,2-6,9-11,13H2,1H3,(H,20,22). The summed E-state index contributed by atoms with van der Waals surface area (Å²) in [5, 5.41) is 3.03. The number of hydrogen-bond acceptors (Lipinski definition) is 2. The second-order valence-electron chi connectivity index (χ2n) is 6.81. The SMILES string of the molecule is CCC(=O)N1CCc2ccc(NC(=O)CC3CCCC3)cc2C1. The molecule has 4 heteroatoms. The minimum Gasteiger partial charge on any atom is -0.338 e. The Hall–Kier alpha value is -1.84. The molecule has 0 aromatic heterocycles. The third-order valence-electron chi connectivity index (χ3n) is 5.11. The molecule has 1 saturated carbocycles. The molecule has 1 heterocycles. The Kier molecular flexibility index (Phi) is 4.99. The van der Waals surface area contributed by atoms with Crippen LogP contribution in [0.2, 0.25) is 0 Å². The van der Waals surface area contributed by atoms with Gasteiger partial charge in [0, 0.05) is 31.6 Å². The summed E-state index contributed by atoms with van der Waals surface area (Å²) in [7, 11) is 0. The van der Waals surface area contributed by atoms with E-state index in [9.17, 15) is 9.59 Å². The van der Waals surface area contributed by atoms with Crippen LogP contribution in [0.3, 0.4) is 0 Å². The van der Waals surface area contributed by atoms with E-state index in [1.54, 1.807) is 0 Å². The van der Waals surface area contributed by atoms with Gasteiger partial charge in [-0.1, -0.05) is 25.8 Å². The lowest BCUT2D eigenvalue weighted by Crippen LogP contribution is -2.35. The van der Waals surface area contributed by atoms with Crippen molar-refractivity contribution in [3.63, 3.8) is 0 Å². The maximum atomic E-state index is 12.2. The number of carbonyl (C=O) groups is 2. The average molecular weight is 314 g/mol. The number of benzene rings is 1. The molecule has 1 aromatic carbocycles. The Morgan fingerprint density at radius 1 is 1.22 bits per heavy atom. The van der Waals surface area contributed by atoms with Crippen LogP contribution >= 0.6 is 0 Å². The monoisotopic (exact) mass is 314 g/mol. The van der Waals surface area contributed by atoms with E-state index < -0.39 is 0 Å². The van der Waals surface area contributed by atoms with Gasteiger partial charge in [-0.05, 0) is 48.4 Å². The van der Waals surface area contributed by atoms with Crippen LogP contribution in [-0.4, -0.2) is 23.3 Å². The Bertz CT molecular complexity index is 591. The fraction of sp³-hybridized carbons (Fsp3) is 0.579. The fourth-order valence-electron chi connectivity index (χ4n) is 3.76. The van der Waals surface area contributed by atoms with E-state index in [0.717, 1.165) is 24.2 Å². The minimum absolute atomic E-state index is 0.120. The molecule has 1 aliphatic heterocycles. The number of rotatable bonds is 4. The van der Waals surface area contributed by atoms with Gasteiger partial charge in [-0.15, -0.1) is 0 Å². The molecule has 0 unspecified atom stereocenters. The van der Waals surface area contributed by atoms with Gasteiger partial charge in [-0.2, -0.15) is 0 Å². The zero-order chi connectivity index (χ0) is 16.2. The van der Waals surface area contributed by atoms with Crippen LogP contribution in [0.4, 0.5) is 5.69 Å². The average Bonchev–Trinajstić information content (AvgIpc) is 3.06. The molecule has 1 N–H and O–H groups in total. The Morgan fingerprint density at radius 2 is 2.00 bits per heavy atom. The summed E-state index contributed by atoms with van der Waals surface area (Å²) >= 11 is 0. The molecular weight excluding hydrogens is 288 g/mol. The maximum absolute atomic E-state index is 12.2. The zero-order valence-electron chi connectivity index (χ0n) is 13.9. The summed E-state index contributed by atoms with van der Waals surface area (Å²) in [4.78, 5) is 26.0. The van der Waals surface area contributed by atoms with Crippen molar-refractivity contribution in [1.29, 1.82) is 0 Å². The molecule has 2 amide bonds. The van der Waals surface area contributed by atoms with E-state index in [1.165, 1.54) is 31.2 Å². The smallest absolute Gasteiger partial charge is 0.224 e. The van der Waals surface area contributed by atoms with Gasteiger partial charge in [-0.3, -0.25) is 9.59 Å². The first kappa shape index (κ1) is 16.0. The lowest BCUT2D eigenvalue weighted by molar-refractivity contribution is -0.131. The number of hydrogen-bond donors (Lipinski definition) is 1. The van der Waals surface area contributed by atoms with Crippen LogP contribution in [0, 0.1) is 5.92 Å². The van der Waals surface area contributed by atoms with E-state index in [4.69, 9.17) is 0 Å². The number of carbonyl (C=O) groups excluding carboxylic acids is 2. The Labute approximate surface area is 138 Å². The van der Waals surface area contributed by atoms with Gasteiger partial charge in [0.05, 0.1) is 0 Å². The first-order valence-corrected chi connectivity index (χ1v) is 8.85. The van der Waals surface area contributed by atoms with Gasteiger partial charge in [0.2, 0.25) is 11.8 Å².